The molecule has 0 fully saturated rings. The van der Waals surface area contributed by atoms with Gasteiger partial charge in [0.2, 0.25) is 0 Å². The van der Waals surface area contributed by atoms with Gasteiger partial charge in [-0.3, -0.25) is 4.79 Å². The predicted octanol–water partition coefficient (Wildman–Crippen LogP) is 1.43. The van der Waals surface area contributed by atoms with Crippen LogP contribution in [0.1, 0.15) is 10.4 Å². The summed E-state index contributed by atoms with van der Waals surface area (Å²) < 4.78 is 0. The highest BCUT2D eigenvalue weighted by atomic mass is 16.4. The minimum Gasteiger partial charge on any atom is -0.480 e. The van der Waals surface area contributed by atoms with Crippen molar-refractivity contribution in [2.75, 3.05) is 11.9 Å². The predicted molar refractivity (Wildman–Crippen MR) is 64.8 cm³/mol. The number of aliphatic carboxylic acids is 1. The second kappa shape index (κ2) is 4.70. The molecule has 0 atom stereocenters. The summed E-state index contributed by atoms with van der Waals surface area (Å²) in [5, 5.41) is 21.4. The standard InChI is InChI=1S/C12H10N2O4/c15-9(16)6-14-11-10-7(4-5-13-11)2-1-3-8(10)12(17)18/h1-5H,6H2,(H,13,14)(H,15,16)(H,17,18). The van der Waals surface area contributed by atoms with Crippen molar-refractivity contribution in [1.82, 2.24) is 4.98 Å². The van der Waals surface area contributed by atoms with Crippen LogP contribution >= 0.6 is 0 Å². The minimum atomic E-state index is -1.08. The van der Waals surface area contributed by atoms with Crippen molar-refractivity contribution in [3.63, 3.8) is 0 Å². The number of hydrogen-bond acceptors (Lipinski definition) is 4. The van der Waals surface area contributed by atoms with Crippen LogP contribution in [0.15, 0.2) is 30.5 Å². The molecule has 0 amide bonds. The molecule has 0 aliphatic rings. The Morgan fingerprint density at radius 3 is 2.67 bits per heavy atom. The molecule has 0 bridgehead atoms. The van der Waals surface area contributed by atoms with Crippen LogP contribution in [-0.2, 0) is 4.79 Å². The molecule has 6 heteroatoms. The number of fused-ring (bicyclic) bond motifs is 1. The number of benzene rings is 1. The Hall–Kier alpha value is -2.63. The summed E-state index contributed by atoms with van der Waals surface area (Å²) in [6, 6.07) is 6.51. The minimum absolute atomic E-state index is 0.0912. The van der Waals surface area contributed by atoms with Gasteiger partial charge in [-0.2, -0.15) is 0 Å². The Labute approximate surface area is 102 Å². The molecule has 0 radical (unpaired) electrons. The third-order valence-electron chi connectivity index (χ3n) is 2.43. The zero-order valence-corrected chi connectivity index (χ0v) is 9.25. The molecule has 0 aliphatic carbocycles. The summed E-state index contributed by atoms with van der Waals surface area (Å²) in [6.45, 7) is -0.319. The van der Waals surface area contributed by atoms with Gasteiger partial charge in [0, 0.05) is 11.6 Å². The van der Waals surface area contributed by atoms with Gasteiger partial charge in [0.15, 0.2) is 0 Å². The average Bonchev–Trinajstić information content (AvgIpc) is 2.35. The monoisotopic (exact) mass is 246 g/mol. The molecule has 3 N–H and O–H groups in total. The number of aromatic carboxylic acids is 1. The molecule has 2 rings (SSSR count). The molecule has 1 heterocycles. The van der Waals surface area contributed by atoms with Crippen LogP contribution < -0.4 is 5.32 Å². The largest absolute Gasteiger partial charge is 0.480 e. The fourth-order valence-corrected chi connectivity index (χ4v) is 1.70. The molecular formula is C12H10N2O4. The summed E-state index contributed by atoms with van der Waals surface area (Å²) in [7, 11) is 0. The first-order chi connectivity index (χ1) is 8.59. The van der Waals surface area contributed by atoms with Gasteiger partial charge in [0.1, 0.15) is 12.4 Å². The van der Waals surface area contributed by atoms with Gasteiger partial charge in [0.25, 0.3) is 0 Å². The number of carboxylic acids is 2. The number of nitrogens with one attached hydrogen (secondary N) is 1. The van der Waals surface area contributed by atoms with E-state index in [9.17, 15) is 9.59 Å². The third-order valence-corrected chi connectivity index (χ3v) is 2.43. The molecule has 0 saturated heterocycles. The van der Waals surface area contributed by atoms with Crippen molar-refractivity contribution in [2.24, 2.45) is 0 Å². The van der Waals surface area contributed by atoms with Crippen LogP contribution in [0.4, 0.5) is 5.82 Å². The van der Waals surface area contributed by atoms with Crippen LogP contribution in [0.2, 0.25) is 0 Å². The lowest BCUT2D eigenvalue weighted by atomic mass is 10.1. The summed E-state index contributed by atoms with van der Waals surface area (Å²) in [5.41, 5.74) is 0.0912. The lowest BCUT2D eigenvalue weighted by Gasteiger charge is -2.08. The van der Waals surface area contributed by atoms with Gasteiger partial charge in [-0.25, -0.2) is 9.78 Å². The van der Waals surface area contributed by atoms with E-state index in [1.54, 1.807) is 18.2 Å². The highest BCUT2D eigenvalue weighted by Gasteiger charge is 2.13. The van der Waals surface area contributed by atoms with Gasteiger partial charge in [-0.1, -0.05) is 12.1 Å². The van der Waals surface area contributed by atoms with Crippen LogP contribution in [0, 0.1) is 0 Å². The molecule has 18 heavy (non-hydrogen) atoms. The van der Waals surface area contributed by atoms with Crippen molar-refractivity contribution in [3.05, 3.63) is 36.0 Å². The highest BCUT2D eigenvalue weighted by Crippen LogP contribution is 2.24. The van der Waals surface area contributed by atoms with Crippen LogP contribution in [0.5, 0.6) is 0 Å². The van der Waals surface area contributed by atoms with E-state index in [1.165, 1.54) is 12.3 Å². The first-order valence-electron chi connectivity index (χ1n) is 5.16. The Bertz CT molecular complexity index is 619. The molecule has 0 saturated carbocycles. The topological polar surface area (TPSA) is 99.5 Å². The van der Waals surface area contributed by atoms with E-state index < -0.39 is 11.9 Å². The van der Waals surface area contributed by atoms with Crippen molar-refractivity contribution in [3.8, 4) is 0 Å². The average molecular weight is 246 g/mol. The van der Waals surface area contributed by atoms with Crippen LogP contribution in [0.3, 0.4) is 0 Å². The molecule has 6 nitrogen and oxygen atoms in total. The van der Waals surface area contributed by atoms with Gasteiger partial charge in [-0.15, -0.1) is 0 Å². The number of aromatic nitrogens is 1. The van der Waals surface area contributed by atoms with Gasteiger partial charge < -0.3 is 15.5 Å². The Morgan fingerprint density at radius 1 is 1.22 bits per heavy atom. The Kier molecular flexibility index (Phi) is 3.09. The summed E-state index contributed by atoms with van der Waals surface area (Å²) >= 11 is 0. The van der Waals surface area contributed by atoms with E-state index in [-0.39, 0.29) is 17.9 Å². The smallest absolute Gasteiger partial charge is 0.336 e. The van der Waals surface area contributed by atoms with E-state index in [4.69, 9.17) is 10.2 Å². The number of nitrogens with zero attached hydrogens (tertiary/aromatic N) is 1. The Morgan fingerprint density at radius 2 is 2.00 bits per heavy atom. The Balaban J connectivity index is 2.58. The van der Waals surface area contributed by atoms with E-state index in [0.29, 0.717) is 10.8 Å². The molecular weight excluding hydrogens is 236 g/mol. The fourth-order valence-electron chi connectivity index (χ4n) is 1.70. The number of carbonyl (C=O) groups is 2. The number of anilines is 1. The van der Waals surface area contributed by atoms with Crippen molar-refractivity contribution >= 4 is 28.5 Å². The van der Waals surface area contributed by atoms with Crippen LogP contribution in [-0.4, -0.2) is 33.7 Å². The van der Waals surface area contributed by atoms with Crippen molar-refractivity contribution in [1.29, 1.82) is 0 Å². The lowest BCUT2D eigenvalue weighted by molar-refractivity contribution is -0.134. The molecule has 0 aliphatic heterocycles. The molecule has 0 spiro atoms. The normalized spacial score (nSPS) is 10.2. The summed E-state index contributed by atoms with van der Waals surface area (Å²) in [4.78, 5) is 25.6. The van der Waals surface area contributed by atoms with Gasteiger partial charge >= 0.3 is 11.9 Å². The van der Waals surface area contributed by atoms with Crippen molar-refractivity contribution in [2.45, 2.75) is 0 Å². The maximum Gasteiger partial charge on any atom is 0.336 e. The van der Waals surface area contributed by atoms with Crippen molar-refractivity contribution < 1.29 is 19.8 Å². The molecule has 1 aromatic carbocycles. The molecule has 92 valence electrons. The SMILES string of the molecule is O=C(O)CNc1nccc2cccc(C(=O)O)c12. The number of hydrogen-bond donors (Lipinski definition) is 3. The van der Waals surface area contributed by atoms with E-state index in [2.05, 4.69) is 10.3 Å². The number of pyridine rings is 1. The summed E-state index contributed by atoms with van der Waals surface area (Å²) in [6.07, 6.45) is 1.50. The first kappa shape index (κ1) is 11.8. The second-order valence-electron chi connectivity index (χ2n) is 3.62. The van der Waals surface area contributed by atoms with E-state index in [0.717, 1.165) is 0 Å². The highest BCUT2D eigenvalue weighted by molar-refractivity contribution is 6.08. The summed E-state index contributed by atoms with van der Waals surface area (Å²) in [5.74, 6) is -1.86. The zero-order chi connectivity index (χ0) is 13.1. The maximum absolute atomic E-state index is 11.1. The lowest BCUT2D eigenvalue weighted by Crippen LogP contribution is -2.14. The first-order valence-corrected chi connectivity index (χ1v) is 5.16. The number of carboxylic acid groups (broad SMARTS) is 2. The zero-order valence-electron chi connectivity index (χ0n) is 9.25. The van der Waals surface area contributed by atoms with E-state index in [1.807, 2.05) is 0 Å². The van der Waals surface area contributed by atoms with Crippen LogP contribution in [0.25, 0.3) is 10.8 Å². The number of rotatable bonds is 4. The van der Waals surface area contributed by atoms with Gasteiger partial charge in [0.05, 0.1) is 5.56 Å². The van der Waals surface area contributed by atoms with Gasteiger partial charge in [-0.05, 0) is 17.5 Å². The maximum atomic E-state index is 11.1. The second-order valence-corrected chi connectivity index (χ2v) is 3.62. The van der Waals surface area contributed by atoms with E-state index >= 15 is 0 Å². The quantitative estimate of drug-likeness (QED) is 0.754. The molecule has 0 unspecified atom stereocenters. The molecule has 1 aromatic heterocycles. The molecule has 2 aromatic rings. The fraction of sp³-hybridized carbons (Fsp3) is 0.0833. The third kappa shape index (κ3) is 2.22.